The van der Waals surface area contributed by atoms with E-state index in [1.54, 1.807) is 42.5 Å². The number of halogens is 2. The van der Waals surface area contributed by atoms with Gasteiger partial charge in [-0.1, -0.05) is 64.8 Å². The lowest BCUT2D eigenvalue weighted by molar-refractivity contribution is -0.129. The third-order valence-corrected chi connectivity index (χ3v) is 4.69. The fourth-order valence-electron chi connectivity index (χ4n) is 2.67. The molecular formula is C21H21Cl2N3O3. The number of ether oxygens (including phenoxy) is 1. The van der Waals surface area contributed by atoms with E-state index in [0.29, 0.717) is 21.2 Å². The van der Waals surface area contributed by atoms with Crippen molar-refractivity contribution < 1.29 is 14.4 Å². The van der Waals surface area contributed by atoms with Crippen LogP contribution >= 0.6 is 23.2 Å². The highest BCUT2D eigenvalue weighted by molar-refractivity contribution is 6.37. The highest BCUT2D eigenvalue weighted by Crippen LogP contribution is 2.28. The van der Waals surface area contributed by atoms with E-state index in [1.165, 1.54) is 13.3 Å². The first-order valence-electron chi connectivity index (χ1n) is 8.70. The molecule has 2 N–H and O–H groups in total. The molecule has 0 radical (unpaired) electrons. The summed E-state index contributed by atoms with van der Waals surface area (Å²) in [4.78, 5) is 17.7. The fourth-order valence-corrected chi connectivity index (χ4v) is 3.19. The second-order valence-electron chi connectivity index (χ2n) is 5.89. The molecule has 8 heteroatoms. The maximum absolute atomic E-state index is 12.2. The molecule has 0 spiro atoms. The van der Waals surface area contributed by atoms with Crippen LogP contribution in [0.1, 0.15) is 35.8 Å². The first kappa shape index (κ1) is 22.6. The number of nitrogens with one attached hydrogen (secondary N) is 2. The first-order chi connectivity index (χ1) is 14.0. The Balaban J connectivity index is 2.10. The summed E-state index contributed by atoms with van der Waals surface area (Å²) in [5.74, 6) is -0.440. The molecule has 0 saturated carbocycles. The highest BCUT2D eigenvalue weighted by Gasteiger charge is 2.24. The van der Waals surface area contributed by atoms with Gasteiger partial charge >= 0.3 is 0 Å². The van der Waals surface area contributed by atoms with Gasteiger partial charge in [-0.05, 0) is 30.7 Å². The third kappa shape index (κ3) is 6.15. The van der Waals surface area contributed by atoms with E-state index >= 15 is 0 Å². The Labute approximate surface area is 179 Å². The number of allylic oxidation sites excluding steroid dienone is 1. The van der Waals surface area contributed by atoms with Crippen LogP contribution in [0.5, 0.6) is 0 Å². The summed E-state index contributed by atoms with van der Waals surface area (Å²) in [5.41, 5.74) is 2.08. The van der Waals surface area contributed by atoms with E-state index in [-0.39, 0.29) is 0 Å². The van der Waals surface area contributed by atoms with Gasteiger partial charge in [-0.25, -0.2) is 0 Å². The minimum atomic E-state index is -0.870. The minimum absolute atomic E-state index is 0.440. The molecule has 1 amide bonds. The van der Waals surface area contributed by atoms with Gasteiger partial charge in [0, 0.05) is 28.3 Å². The monoisotopic (exact) mass is 433 g/mol. The topological polar surface area (TPSA) is 83.8 Å². The zero-order chi connectivity index (χ0) is 21.2. The summed E-state index contributed by atoms with van der Waals surface area (Å²) in [6.45, 7) is 1.81. The molecule has 0 fully saturated rings. The zero-order valence-electron chi connectivity index (χ0n) is 15.9. The van der Waals surface area contributed by atoms with E-state index < -0.39 is 18.1 Å². The number of rotatable bonds is 9. The molecule has 2 unspecified atom stereocenters. The predicted molar refractivity (Wildman–Crippen MR) is 117 cm³/mol. The molecule has 2 aromatic carbocycles. The second-order valence-corrected chi connectivity index (χ2v) is 6.71. The first-order valence-corrected chi connectivity index (χ1v) is 9.46. The molecule has 0 aliphatic carbocycles. The molecule has 0 aliphatic heterocycles. The number of methoxy groups -OCH3 is 1. The highest BCUT2D eigenvalue weighted by atomic mass is 35.5. The van der Waals surface area contributed by atoms with Crippen molar-refractivity contribution in [3.63, 3.8) is 0 Å². The smallest absolute Gasteiger partial charge is 0.258 e. The maximum atomic E-state index is 12.2. The SMILES string of the molecule is COC(C(=O)NC=N)c1ccccc1C(C)ON=CC=Cc1c(Cl)cccc1Cl. The maximum Gasteiger partial charge on any atom is 0.258 e. The van der Waals surface area contributed by atoms with Crippen LogP contribution in [0.2, 0.25) is 10.0 Å². The van der Waals surface area contributed by atoms with Gasteiger partial charge in [-0.2, -0.15) is 0 Å². The van der Waals surface area contributed by atoms with E-state index in [4.69, 9.17) is 38.2 Å². The van der Waals surface area contributed by atoms with Crippen LogP contribution in [0.15, 0.2) is 53.7 Å². The summed E-state index contributed by atoms with van der Waals surface area (Å²) in [5, 5.41) is 14.4. The second kappa shape index (κ2) is 11.4. The molecule has 0 aliphatic rings. The number of amides is 1. The van der Waals surface area contributed by atoms with Gasteiger partial charge in [0.05, 0.1) is 12.6 Å². The fraction of sp³-hybridized carbons (Fsp3) is 0.190. The quantitative estimate of drug-likeness (QED) is 0.324. The van der Waals surface area contributed by atoms with Crippen LogP contribution in [-0.2, 0) is 14.4 Å². The molecule has 2 atom stereocenters. The lowest BCUT2D eigenvalue weighted by atomic mass is 9.98. The van der Waals surface area contributed by atoms with Crippen LogP contribution in [-0.4, -0.2) is 25.6 Å². The molecular weight excluding hydrogens is 413 g/mol. The van der Waals surface area contributed by atoms with Gasteiger partial charge in [0.25, 0.3) is 5.91 Å². The Morgan fingerprint density at radius 1 is 1.14 bits per heavy atom. The summed E-state index contributed by atoms with van der Waals surface area (Å²) >= 11 is 12.2. The number of nitrogens with zero attached hydrogens (tertiary/aromatic N) is 1. The summed E-state index contributed by atoms with van der Waals surface area (Å²) < 4.78 is 5.31. The molecule has 6 nitrogen and oxygen atoms in total. The predicted octanol–water partition coefficient (Wildman–Crippen LogP) is 5.18. The molecule has 0 bridgehead atoms. The lowest BCUT2D eigenvalue weighted by Gasteiger charge is -2.20. The van der Waals surface area contributed by atoms with Crippen molar-refractivity contribution in [2.45, 2.75) is 19.1 Å². The van der Waals surface area contributed by atoms with Crippen molar-refractivity contribution in [2.75, 3.05) is 7.11 Å². The average Bonchev–Trinajstić information content (AvgIpc) is 2.70. The van der Waals surface area contributed by atoms with E-state index in [0.717, 1.165) is 11.9 Å². The van der Waals surface area contributed by atoms with Crippen molar-refractivity contribution in [1.29, 1.82) is 5.41 Å². The Bertz CT molecular complexity index is 896. The molecule has 2 rings (SSSR count). The van der Waals surface area contributed by atoms with Gasteiger partial charge in [0.2, 0.25) is 0 Å². The normalized spacial score (nSPS) is 13.4. The van der Waals surface area contributed by atoms with Gasteiger partial charge in [-0.15, -0.1) is 0 Å². The van der Waals surface area contributed by atoms with E-state index in [9.17, 15) is 4.79 Å². The zero-order valence-corrected chi connectivity index (χ0v) is 17.4. The van der Waals surface area contributed by atoms with Gasteiger partial charge < -0.3 is 14.9 Å². The van der Waals surface area contributed by atoms with Gasteiger partial charge in [0.15, 0.2) is 6.10 Å². The Morgan fingerprint density at radius 3 is 2.41 bits per heavy atom. The molecule has 0 aromatic heterocycles. The molecule has 29 heavy (non-hydrogen) atoms. The van der Waals surface area contributed by atoms with Crippen LogP contribution in [0.3, 0.4) is 0 Å². The average molecular weight is 434 g/mol. The van der Waals surface area contributed by atoms with Crippen LogP contribution < -0.4 is 5.32 Å². The number of hydrogen-bond donors (Lipinski definition) is 2. The van der Waals surface area contributed by atoms with Gasteiger partial charge in [-0.3, -0.25) is 10.2 Å². The van der Waals surface area contributed by atoms with Crippen molar-refractivity contribution in [3.8, 4) is 0 Å². The molecule has 0 heterocycles. The van der Waals surface area contributed by atoms with E-state index in [1.807, 2.05) is 19.1 Å². The Hall–Kier alpha value is -2.67. The Kier molecular flexibility index (Phi) is 8.86. The van der Waals surface area contributed by atoms with Crippen LogP contribution in [0.25, 0.3) is 6.08 Å². The lowest BCUT2D eigenvalue weighted by Crippen LogP contribution is -2.29. The van der Waals surface area contributed by atoms with Crippen LogP contribution in [0.4, 0.5) is 0 Å². The summed E-state index contributed by atoms with van der Waals surface area (Å²) in [6.07, 6.45) is 4.39. The van der Waals surface area contributed by atoms with Crippen molar-refractivity contribution in [1.82, 2.24) is 5.32 Å². The Morgan fingerprint density at radius 2 is 1.79 bits per heavy atom. The number of benzene rings is 2. The molecule has 2 aromatic rings. The van der Waals surface area contributed by atoms with E-state index in [2.05, 4.69) is 10.5 Å². The van der Waals surface area contributed by atoms with Crippen LogP contribution in [0, 0.1) is 5.41 Å². The number of hydrogen-bond acceptors (Lipinski definition) is 5. The summed E-state index contributed by atoms with van der Waals surface area (Å²) in [6, 6.07) is 12.5. The molecule has 152 valence electrons. The number of carbonyl (C=O) groups excluding carboxylic acids is 1. The van der Waals surface area contributed by atoms with Crippen molar-refractivity contribution in [2.24, 2.45) is 5.16 Å². The van der Waals surface area contributed by atoms with Crippen molar-refractivity contribution >= 4 is 47.7 Å². The van der Waals surface area contributed by atoms with Gasteiger partial charge in [0.1, 0.15) is 6.10 Å². The summed E-state index contributed by atoms with van der Waals surface area (Å²) in [7, 11) is 1.43. The molecule has 0 saturated heterocycles. The minimum Gasteiger partial charge on any atom is -0.388 e. The van der Waals surface area contributed by atoms with Crippen molar-refractivity contribution in [3.05, 3.63) is 75.3 Å². The largest absolute Gasteiger partial charge is 0.388 e. The number of oxime groups is 1. The number of carbonyl (C=O) groups is 1. The standard InChI is InChI=1S/C21H21Cl2N3O3/c1-14(29-26-12-6-9-17-18(22)10-5-11-19(17)23)15-7-3-4-8-16(15)20(28-2)21(27)25-13-24/h3-14,20H,1-2H3,(H2,24,25,27). The third-order valence-electron chi connectivity index (χ3n) is 4.03.